The van der Waals surface area contributed by atoms with Crippen molar-refractivity contribution >= 4 is 52.5 Å². The van der Waals surface area contributed by atoms with Crippen LogP contribution in [-0.4, -0.2) is 21.5 Å². The Morgan fingerprint density at radius 3 is 2.48 bits per heavy atom. The molecule has 0 saturated carbocycles. The summed E-state index contributed by atoms with van der Waals surface area (Å²) in [7, 11) is 0. The minimum atomic E-state index is -0.592. The number of aromatic nitrogens is 1. The number of hydrogen-bond donors (Lipinski definition) is 1. The summed E-state index contributed by atoms with van der Waals surface area (Å²) in [6.07, 6.45) is 3.23. The van der Waals surface area contributed by atoms with Crippen molar-refractivity contribution in [2.24, 2.45) is 0 Å². The van der Waals surface area contributed by atoms with Crippen LogP contribution in [0.3, 0.4) is 0 Å². The van der Waals surface area contributed by atoms with Crippen molar-refractivity contribution in [3.8, 4) is 5.69 Å². The summed E-state index contributed by atoms with van der Waals surface area (Å²) in [5.74, 6) is -1.51. The van der Waals surface area contributed by atoms with Crippen LogP contribution < -0.4 is 10.2 Å². The summed E-state index contributed by atoms with van der Waals surface area (Å²) in [4.78, 5) is 26.8. The molecular formula is C21H13ClFN3O2S. The van der Waals surface area contributed by atoms with Gasteiger partial charge in [-0.15, -0.1) is 0 Å². The molecule has 29 heavy (non-hydrogen) atoms. The minimum Gasteiger partial charge on any atom is -0.317 e. The molecule has 4 rings (SSSR count). The highest BCUT2D eigenvalue weighted by Crippen LogP contribution is 2.25. The number of anilines is 1. The Labute approximate surface area is 176 Å². The Balaban J connectivity index is 1.75. The van der Waals surface area contributed by atoms with E-state index in [2.05, 4.69) is 5.32 Å². The molecule has 3 aromatic rings. The smallest absolute Gasteiger partial charge is 0.270 e. The molecule has 1 aliphatic heterocycles. The third-order valence-electron chi connectivity index (χ3n) is 4.35. The largest absolute Gasteiger partial charge is 0.317 e. The van der Waals surface area contributed by atoms with Crippen LogP contribution in [0.4, 0.5) is 10.1 Å². The third-order valence-corrected chi connectivity index (χ3v) is 4.87. The van der Waals surface area contributed by atoms with Gasteiger partial charge < -0.3 is 4.57 Å². The molecule has 0 atom stereocenters. The first-order chi connectivity index (χ1) is 13.9. The first-order valence-electron chi connectivity index (χ1n) is 8.54. The van der Waals surface area contributed by atoms with E-state index in [1.807, 2.05) is 0 Å². The van der Waals surface area contributed by atoms with Gasteiger partial charge in [0.2, 0.25) is 0 Å². The molecule has 0 spiro atoms. The van der Waals surface area contributed by atoms with Crippen LogP contribution in [0.15, 0.2) is 72.4 Å². The number of hydrogen-bond acceptors (Lipinski definition) is 3. The van der Waals surface area contributed by atoms with Crippen LogP contribution in [0, 0.1) is 5.82 Å². The maximum atomic E-state index is 13.2. The zero-order valence-electron chi connectivity index (χ0n) is 14.8. The summed E-state index contributed by atoms with van der Waals surface area (Å²) >= 11 is 11.2. The molecular weight excluding hydrogens is 413 g/mol. The molecule has 2 amide bonds. The lowest BCUT2D eigenvalue weighted by Gasteiger charge is -2.29. The lowest BCUT2D eigenvalue weighted by Crippen LogP contribution is -2.54. The van der Waals surface area contributed by atoms with Gasteiger partial charge >= 0.3 is 0 Å². The second kappa shape index (κ2) is 7.62. The highest BCUT2D eigenvalue weighted by atomic mass is 35.5. The summed E-state index contributed by atoms with van der Waals surface area (Å²) in [6.45, 7) is 0. The molecule has 144 valence electrons. The second-order valence-corrected chi connectivity index (χ2v) is 7.04. The predicted octanol–water partition coefficient (Wildman–Crippen LogP) is 4.10. The van der Waals surface area contributed by atoms with E-state index in [-0.39, 0.29) is 16.5 Å². The molecule has 0 bridgehead atoms. The Morgan fingerprint density at radius 1 is 1.00 bits per heavy atom. The van der Waals surface area contributed by atoms with Gasteiger partial charge in [-0.2, -0.15) is 0 Å². The topological polar surface area (TPSA) is 54.3 Å². The molecule has 1 aliphatic rings. The van der Waals surface area contributed by atoms with Gasteiger partial charge in [-0.3, -0.25) is 19.8 Å². The summed E-state index contributed by atoms with van der Waals surface area (Å²) < 4.78 is 15.0. The van der Waals surface area contributed by atoms with Gasteiger partial charge in [0.1, 0.15) is 11.4 Å². The zero-order valence-corrected chi connectivity index (χ0v) is 16.4. The molecule has 2 heterocycles. The van der Waals surface area contributed by atoms with E-state index in [9.17, 15) is 14.0 Å². The molecule has 1 saturated heterocycles. The third kappa shape index (κ3) is 3.70. The molecule has 0 radical (unpaired) electrons. The average molecular weight is 426 g/mol. The lowest BCUT2D eigenvalue weighted by atomic mass is 10.1. The van der Waals surface area contributed by atoms with Gasteiger partial charge in [-0.1, -0.05) is 17.7 Å². The van der Waals surface area contributed by atoms with Crippen LogP contribution in [-0.2, 0) is 9.59 Å². The molecule has 8 heteroatoms. The number of rotatable bonds is 3. The highest BCUT2D eigenvalue weighted by Gasteiger charge is 2.34. The highest BCUT2D eigenvalue weighted by molar-refractivity contribution is 7.80. The van der Waals surface area contributed by atoms with Crippen molar-refractivity contribution < 1.29 is 14.0 Å². The van der Waals surface area contributed by atoms with Gasteiger partial charge in [-0.25, -0.2) is 4.39 Å². The normalized spacial score (nSPS) is 15.7. The number of amides is 2. The van der Waals surface area contributed by atoms with Gasteiger partial charge in [0, 0.05) is 22.6 Å². The van der Waals surface area contributed by atoms with E-state index in [4.69, 9.17) is 23.8 Å². The molecule has 1 fully saturated rings. The molecule has 0 unspecified atom stereocenters. The molecule has 5 nitrogen and oxygen atoms in total. The molecule has 0 aliphatic carbocycles. The van der Waals surface area contributed by atoms with Gasteiger partial charge in [-0.05, 0) is 72.9 Å². The fourth-order valence-corrected chi connectivity index (χ4v) is 3.47. The van der Waals surface area contributed by atoms with Crippen LogP contribution in [0.2, 0.25) is 5.02 Å². The Morgan fingerprint density at radius 2 is 1.76 bits per heavy atom. The summed E-state index contributed by atoms with van der Waals surface area (Å²) in [5, 5.41) is 2.95. The van der Waals surface area contributed by atoms with E-state index >= 15 is 0 Å². The van der Waals surface area contributed by atoms with Crippen molar-refractivity contribution in [1.29, 1.82) is 0 Å². The number of thiocarbonyl (C=S) groups is 1. The number of nitrogens with zero attached hydrogens (tertiary/aromatic N) is 2. The lowest BCUT2D eigenvalue weighted by molar-refractivity contribution is -0.122. The fraction of sp³-hybridized carbons (Fsp3) is 0. The number of carbonyl (C=O) groups excluding carboxylic acids is 2. The Kier molecular flexibility index (Phi) is 5.00. The van der Waals surface area contributed by atoms with Crippen LogP contribution in [0.5, 0.6) is 0 Å². The standard InChI is InChI=1S/C21H13ClFN3O2S/c22-13-3-1-4-17(11-13)26-20(28)18(19(27)24-21(26)29)12-16-5-2-10-25(16)15-8-6-14(23)7-9-15/h1-12H,(H,24,27,29). The maximum absolute atomic E-state index is 13.2. The van der Waals surface area contributed by atoms with Crippen molar-refractivity contribution in [3.63, 3.8) is 0 Å². The summed E-state index contributed by atoms with van der Waals surface area (Å²) in [6, 6.07) is 16.0. The van der Waals surface area contributed by atoms with Crippen LogP contribution >= 0.6 is 23.8 Å². The van der Waals surface area contributed by atoms with E-state index in [1.165, 1.54) is 23.1 Å². The molecule has 1 aromatic heterocycles. The van der Waals surface area contributed by atoms with Gasteiger partial charge in [0.25, 0.3) is 11.8 Å². The predicted molar refractivity (Wildman–Crippen MR) is 113 cm³/mol. The van der Waals surface area contributed by atoms with Crippen LogP contribution in [0.1, 0.15) is 5.69 Å². The monoisotopic (exact) mass is 425 g/mol. The van der Waals surface area contributed by atoms with Crippen molar-refractivity contribution in [1.82, 2.24) is 9.88 Å². The molecule has 1 N–H and O–H groups in total. The number of halogens is 2. The fourth-order valence-electron chi connectivity index (χ4n) is 3.00. The minimum absolute atomic E-state index is 0.0201. The second-order valence-electron chi connectivity index (χ2n) is 6.22. The van der Waals surface area contributed by atoms with Crippen molar-refractivity contribution in [2.75, 3.05) is 4.90 Å². The summed E-state index contributed by atoms with van der Waals surface area (Å²) in [5.41, 5.74) is 1.64. The SMILES string of the molecule is O=C1NC(=S)N(c2cccc(Cl)c2)C(=O)C1=Cc1cccn1-c1ccc(F)cc1. The van der Waals surface area contributed by atoms with E-state index in [0.717, 1.165) is 0 Å². The average Bonchev–Trinajstić information content (AvgIpc) is 3.14. The quantitative estimate of drug-likeness (QED) is 0.390. The first-order valence-corrected chi connectivity index (χ1v) is 9.33. The number of benzene rings is 2. The Bertz CT molecular complexity index is 1170. The number of nitrogens with one attached hydrogen (secondary N) is 1. The van der Waals surface area contributed by atoms with Gasteiger partial charge in [0.15, 0.2) is 5.11 Å². The molecule has 2 aromatic carbocycles. The van der Waals surface area contributed by atoms with E-state index in [1.54, 1.807) is 59.3 Å². The maximum Gasteiger partial charge on any atom is 0.270 e. The van der Waals surface area contributed by atoms with E-state index in [0.29, 0.717) is 22.1 Å². The Hall–Kier alpha value is -3.29. The van der Waals surface area contributed by atoms with Crippen molar-refractivity contribution in [2.45, 2.75) is 0 Å². The number of carbonyl (C=O) groups is 2. The van der Waals surface area contributed by atoms with Gasteiger partial charge in [0.05, 0.1) is 5.69 Å². The van der Waals surface area contributed by atoms with Crippen molar-refractivity contribution in [3.05, 3.63) is 89.0 Å². The zero-order chi connectivity index (χ0) is 20.5. The first kappa shape index (κ1) is 19.0. The van der Waals surface area contributed by atoms with Crippen LogP contribution in [0.25, 0.3) is 11.8 Å². The van der Waals surface area contributed by atoms with E-state index < -0.39 is 11.8 Å².